The Morgan fingerprint density at radius 3 is 2.85 bits per heavy atom. The molecule has 1 aromatic carbocycles. The van der Waals surface area contributed by atoms with Gasteiger partial charge in [0.1, 0.15) is 0 Å². The fraction of sp³-hybridized carbons (Fsp3) is 0.222. The average Bonchev–Trinajstić information content (AvgIpc) is 3.14. The standard InChI is InChI=1S/C18H16N4O2S2/c1-3-25-18-19-16(24)15-12-7-4-5-8-13(12)21(11(2)23)17(22(15)20-18)14-9-6-10-26-14/h4-10,17H,3H2,1-2H3/p+1/t17-/m1/s1. The first-order valence-electron chi connectivity index (χ1n) is 8.23. The normalized spacial score (nSPS) is 15.5. The van der Waals surface area contributed by atoms with Gasteiger partial charge >= 0.3 is 17.4 Å². The van der Waals surface area contributed by atoms with E-state index in [-0.39, 0.29) is 11.5 Å². The fourth-order valence-electron chi connectivity index (χ4n) is 3.21. The highest BCUT2D eigenvalue weighted by Gasteiger charge is 2.45. The van der Waals surface area contributed by atoms with Crippen molar-refractivity contribution in [2.24, 2.45) is 0 Å². The van der Waals surface area contributed by atoms with E-state index in [2.05, 4.69) is 10.1 Å². The van der Waals surface area contributed by atoms with Crippen molar-refractivity contribution in [2.45, 2.75) is 25.2 Å². The Hall–Kier alpha value is -2.45. The van der Waals surface area contributed by atoms with E-state index in [9.17, 15) is 9.59 Å². The molecular weight excluding hydrogens is 368 g/mol. The summed E-state index contributed by atoms with van der Waals surface area (Å²) < 4.78 is 1.69. The van der Waals surface area contributed by atoms with Crippen LogP contribution in [-0.4, -0.2) is 21.7 Å². The molecule has 26 heavy (non-hydrogen) atoms. The van der Waals surface area contributed by atoms with Gasteiger partial charge < -0.3 is 0 Å². The van der Waals surface area contributed by atoms with Gasteiger partial charge in [-0.2, -0.15) is 0 Å². The maximum Gasteiger partial charge on any atom is 0.325 e. The maximum atomic E-state index is 12.9. The molecule has 8 heteroatoms. The lowest BCUT2D eigenvalue weighted by molar-refractivity contribution is -0.762. The molecule has 0 aliphatic carbocycles. The topological polar surface area (TPSA) is 69.9 Å². The van der Waals surface area contributed by atoms with Crippen molar-refractivity contribution in [1.29, 1.82) is 0 Å². The second-order valence-corrected chi connectivity index (χ2v) is 8.01. The summed E-state index contributed by atoms with van der Waals surface area (Å²) >= 11 is 3.01. The highest BCUT2D eigenvalue weighted by molar-refractivity contribution is 7.99. The first-order chi connectivity index (χ1) is 12.6. The summed E-state index contributed by atoms with van der Waals surface area (Å²) in [7, 11) is 0. The number of H-pyrrole nitrogens is 1. The molecule has 1 aliphatic heterocycles. The zero-order chi connectivity index (χ0) is 18.3. The van der Waals surface area contributed by atoms with Crippen LogP contribution < -0.4 is 15.1 Å². The van der Waals surface area contributed by atoms with E-state index in [0.717, 1.165) is 16.3 Å². The average molecular weight is 385 g/mol. The van der Waals surface area contributed by atoms with Crippen LogP contribution in [0.1, 0.15) is 24.9 Å². The third-order valence-corrected chi connectivity index (χ3v) is 5.83. The van der Waals surface area contributed by atoms with Crippen molar-refractivity contribution in [3.63, 3.8) is 0 Å². The molecule has 0 bridgehead atoms. The summed E-state index contributed by atoms with van der Waals surface area (Å²) in [6, 6.07) is 11.4. The van der Waals surface area contributed by atoms with Crippen molar-refractivity contribution >= 4 is 34.7 Å². The van der Waals surface area contributed by atoms with Crippen LogP contribution in [0.15, 0.2) is 51.7 Å². The van der Waals surface area contributed by atoms with Crippen LogP contribution >= 0.6 is 23.1 Å². The number of anilines is 1. The second kappa shape index (κ2) is 6.69. The number of aromatic nitrogens is 3. The van der Waals surface area contributed by atoms with Crippen LogP contribution in [0, 0.1) is 0 Å². The van der Waals surface area contributed by atoms with Gasteiger partial charge in [0.2, 0.25) is 11.1 Å². The molecule has 1 amide bonds. The predicted octanol–water partition coefficient (Wildman–Crippen LogP) is 2.81. The summed E-state index contributed by atoms with van der Waals surface area (Å²) in [5.74, 6) is 0.694. The molecule has 0 radical (unpaired) electrons. The minimum absolute atomic E-state index is 0.0965. The number of rotatable bonds is 3. The molecular formula is C18H17N4O2S2+. The molecule has 2 aromatic heterocycles. The number of thiophene rings is 1. The Labute approximate surface area is 158 Å². The summed E-state index contributed by atoms with van der Waals surface area (Å²) in [6.45, 7) is 3.54. The van der Waals surface area contributed by atoms with Gasteiger partial charge in [-0.3, -0.25) is 14.6 Å². The molecule has 0 saturated carbocycles. The van der Waals surface area contributed by atoms with Crippen LogP contribution in [0.2, 0.25) is 0 Å². The zero-order valence-corrected chi connectivity index (χ0v) is 15.9. The lowest BCUT2D eigenvalue weighted by Gasteiger charge is -2.30. The Bertz CT molecular complexity index is 1030. The third-order valence-electron chi connectivity index (χ3n) is 4.18. The monoisotopic (exact) mass is 385 g/mol. The number of para-hydroxylation sites is 1. The molecule has 1 atom stereocenters. The molecule has 0 unspecified atom stereocenters. The highest BCUT2D eigenvalue weighted by atomic mass is 32.2. The van der Waals surface area contributed by atoms with E-state index >= 15 is 0 Å². The highest BCUT2D eigenvalue weighted by Crippen LogP contribution is 2.38. The number of hydrogen-bond donors (Lipinski definition) is 1. The van der Waals surface area contributed by atoms with Crippen molar-refractivity contribution in [1.82, 2.24) is 10.1 Å². The minimum atomic E-state index is -0.476. The molecule has 6 nitrogen and oxygen atoms in total. The Kier molecular flexibility index (Phi) is 4.37. The SMILES string of the molecule is CCSc1n[n+]2c(c(=O)[nH]1)-c1ccccc1N(C(C)=O)[C@H]2c1cccs1. The molecule has 4 rings (SSSR count). The lowest BCUT2D eigenvalue weighted by atomic mass is 10.0. The smallest absolute Gasteiger partial charge is 0.291 e. The first-order valence-corrected chi connectivity index (χ1v) is 10.1. The van der Waals surface area contributed by atoms with Gasteiger partial charge in [-0.25, -0.2) is 4.90 Å². The lowest BCUT2D eigenvalue weighted by Crippen LogP contribution is -2.60. The number of aromatic amines is 1. The van der Waals surface area contributed by atoms with Gasteiger partial charge in [-0.15, -0.1) is 11.3 Å². The molecule has 1 N–H and O–H groups in total. The predicted molar refractivity (Wildman–Crippen MR) is 103 cm³/mol. The van der Waals surface area contributed by atoms with Gasteiger partial charge in [-0.1, -0.05) is 36.9 Å². The summed E-state index contributed by atoms with van der Waals surface area (Å²) in [5.41, 5.74) is 1.70. The van der Waals surface area contributed by atoms with E-state index in [4.69, 9.17) is 0 Å². The second-order valence-electron chi connectivity index (χ2n) is 5.78. The zero-order valence-electron chi connectivity index (χ0n) is 14.3. The number of amides is 1. The summed E-state index contributed by atoms with van der Waals surface area (Å²) in [5, 5.41) is 7.18. The molecule has 3 aromatic rings. The molecule has 1 aliphatic rings. The largest absolute Gasteiger partial charge is 0.325 e. The number of carbonyl (C=O) groups excluding carboxylic acids is 1. The van der Waals surface area contributed by atoms with Crippen LogP contribution in [0.4, 0.5) is 5.69 Å². The Morgan fingerprint density at radius 2 is 2.15 bits per heavy atom. The maximum absolute atomic E-state index is 12.9. The number of thioether (sulfide) groups is 1. The van der Waals surface area contributed by atoms with Gasteiger partial charge in [0.15, 0.2) is 0 Å². The Balaban J connectivity index is 2.07. The first kappa shape index (κ1) is 17.0. The quantitative estimate of drug-likeness (QED) is 0.556. The van der Waals surface area contributed by atoms with Crippen molar-refractivity contribution in [3.05, 3.63) is 57.0 Å². The van der Waals surface area contributed by atoms with Crippen molar-refractivity contribution in [2.75, 3.05) is 10.7 Å². The molecule has 0 spiro atoms. The number of fused-ring (bicyclic) bond motifs is 3. The molecule has 3 heterocycles. The van der Waals surface area contributed by atoms with Crippen molar-refractivity contribution in [3.8, 4) is 11.3 Å². The van der Waals surface area contributed by atoms with Crippen molar-refractivity contribution < 1.29 is 9.48 Å². The summed E-state index contributed by atoms with van der Waals surface area (Å²) in [4.78, 5) is 31.0. The van der Waals surface area contributed by atoms with E-state index < -0.39 is 6.17 Å². The van der Waals surface area contributed by atoms with Crippen LogP contribution in [-0.2, 0) is 4.79 Å². The molecule has 0 fully saturated rings. The van der Waals surface area contributed by atoms with Crippen LogP contribution in [0.3, 0.4) is 0 Å². The number of carbonyl (C=O) groups is 1. The van der Waals surface area contributed by atoms with Gasteiger partial charge in [-0.05, 0) is 34.0 Å². The van der Waals surface area contributed by atoms with Gasteiger partial charge in [0, 0.05) is 12.0 Å². The summed E-state index contributed by atoms with van der Waals surface area (Å²) in [6.07, 6.45) is -0.476. The number of nitrogens with one attached hydrogen (secondary N) is 1. The van der Waals surface area contributed by atoms with E-state index in [0.29, 0.717) is 16.4 Å². The number of hydrogen-bond acceptors (Lipinski definition) is 5. The van der Waals surface area contributed by atoms with Crippen LogP contribution in [0.25, 0.3) is 11.3 Å². The Morgan fingerprint density at radius 1 is 1.35 bits per heavy atom. The number of nitrogens with zero attached hydrogens (tertiary/aromatic N) is 3. The van der Waals surface area contributed by atoms with Gasteiger partial charge in [0.05, 0.1) is 16.1 Å². The molecule has 0 saturated heterocycles. The fourth-order valence-corrected chi connectivity index (χ4v) is 4.59. The van der Waals surface area contributed by atoms with Gasteiger partial charge in [0.25, 0.3) is 0 Å². The van der Waals surface area contributed by atoms with E-state index in [1.807, 2.05) is 48.7 Å². The third kappa shape index (κ3) is 2.65. The number of benzene rings is 1. The minimum Gasteiger partial charge on any atom is -0.291 e. The molecule has 132 valence electrons. The van der Waals surface area contributed by atoms with E-state index in [1.165, 1.54) is 18.7 Å². The van der Waals surface area contributed by atoms with Crippen LogP contribution in [0.5, 0.6) is 0 Å². The van der Waals surface area contributed by atoms with E-state index in [1.54, 1.807) is 20.9 Å².